The highest BCUT2D eigenvalue weighted by atomic mass is 79.9. The number of hydrogen-bond donors (Lipinski definition) is 1. The molecule has 0 radical (unpaired) electrons. The fourth-order valence-corrected chi connectivity index (χ4v) is 3.60. The smallest absolute Gasteiger partial charge is 0.118 e. The Morgan fingerprint density at radius 3 is 2.07 bits per heavy atom. The normalized spacial score (nSPS) is 10.5. The zero-order valence-electron chi connectivity index (χ0n) is 15.5. The van der Waals surface area contributed by atoms with Gasteiger partial charge in [0.25, 0.3) is 0 Å². The molecular formula is C25H20BrNO. The van der Waals surface area contributed by atoms with Gasteiger partial charge in [-0.05, 0) is 74.6 Å². The van der Waals surface area contributed by atoms with Gasteiger partial charge in [-0.1, -0.05) is 60.7 Å². The van der Waals surface area contributed by atoms with E-state index in [2.05, 4.69) is 81.9 Å². The predicted octanol–water partition coefficient (Wildman–Crippen LogP) is 7.54. The van der Waals surface area contributed by atoms with Crippen molar-refractivity contribution in [3.63, 3.8) is 0 Å². The van der Waals surface area contributed by atoms with Crippen LogP contribution in [0.5, 0.6) is 5.75 Å². The Morgan fingerprint density at radius 1 is 0.679 bits per heavy atom. The second-order valence-corrected chi connectivity index (χ2v) is 7.31. The molecule has 0 aliphatic carbocycles. The maximum atomic E-state index is 5.32. The van der Waals surface area contributed by atoms with Crippen molar-refractivity contribution >= 4 is 27.3 Å². The van der Waals surface area contributed by atoms with Gasteiger partial charge < -0.3 is 10.1 Å². The van der Waals surface area contributed by atoms with E-state index in [-0.39, 0.29) is 0 Å². The van der Waals surface area contributed by atoms with Gasteiger partial charge in [-0.2, -0.15) is 0 Å². The Hall–Kier alpha value is -3.04. The molecule has 0 saturated heterocycles. The fourth-order valence-electron chi connectivity index (χ4n) is 3.22. The minimum absolute atomic E-state index is 0.854. The Kier molecular flexibility index (Phi) is 5.45. The van der Waals surface area contributed by atoms with Gasteiger partial charge in [0, 0.05) is 10.2 Å². The Balaban J connectivity index is 1.80. The van der Waals surface area contributed by atoms with Gasteiger partial charge in [-0.25, -0.2) is 0 Å². The molecule has 0 spiro atoms. The predicted molar refractivity (Wildman–Crippen MR) is 121 cm³/mol. The van der Waals surface area contributed by atoms with E-state index in [1.54, 1.807) is 7.11 Å². The summed E-state index contributed by atoms with van der Waals surface area (Å²) in [5.74, 6) is 0.854. The average molecular weight is 430 g/mol. The minimum atomic E-state index is 0.854. The van der Waals surface area contributed by atoms with Crippen molar-refractivity contribution in [2.75, 3.05) is 12.4 Å². The molecule has 0 atom stereocenters. The van der Waals surface area contributed by atoms with Crippen LogP contribution in [0.1, 0.15) is 0 Å². The van der Waals surface area contributed by atoms with Crippen LogP contribution in [0.4, 0.5) is 11.4 Å². The van der Waals surface area contributed by atoms with Crippen LogP contribution in [0.15, 0.2) is 102 Å². The van der Waals surface area contributed by atoms with E-state index in [1.165, 1.54) is 16.7 Å². The summed E-state index contributed by atoms with van der Waals surface area (Å²) in [6.07, 6.45) is 0. The van der Waals surface area contributed by atoms with Crippen LogP contribution in [-0.2, 0) is 0 Å². The largest absolute Gasteiger partial charge is 0.497 e. The number of nitrogens with one attached hydrogen (secondary N) is 1. The van der Waals surface area contributed by atoms with E-state index in [1.807, 2.05) is 36.4 Å². The monoisotopic (exact) mass is 429 g/mol. The summed E-state index contributed by atoms with van der Waals surface area (Å²) in [7, 11) is 1.69. The summed E-state index contributed by atoms with van der Waals surface area (Å²) in [6.45, 7) is 0. The molecule has 0 aromatic heterocycles. The summed E-state index contributed by atoms with van der Waals surface area (Å²) in [6, 6.07) is 33.3. The van der Waals surface area contributed by atoms with Gasteiger partial charge in [0.05, 0.1) is 12.8 Å². The Bertz CT molecular complexity index is 1080. The third-order valence-corrected chi connectivity index (χ3v) is 5.35. The summed E-state index contributed by atoms with van der Waals surface area (Å²) >= 11 is 3.61. The second kappa shape index (κ2) is 8.32. The van der Waals surface area contributed by atoms with Crippen molar-refractivity contribution in [1.82, 2.24) is 0 Å². The Labute approximate surface area is 173 Å². The van der Waals surface area contributed by atoms with Gasteiger partial charge in [0.1, 0.15) is 5.75 Å². The first-order chi connectivity index (χ1) is 13.7. The quantitative estimate of drug-likeness (QED) is 0.353. The number of benzene rings is 4. The lowest BCUT2D eigenvalue weighted by atomic mass is 9.94. The summed E-state index contributed by atoms with van der Waals surface area (Å²) < 4.78 is 6.35. The third kappa shape index (κ3) is 3.95. The SMILES string of the molecule is COc1ccc(-c2cc(Nc3ccccc3Br)ccc2-c2ccccc2)cc1. The maximum Gasteiger partial charge on any atom is 0.118 e. The summed E-state index contributed by atoms with van der Waals surface area (Å²) in [5, 5.41) is 3.51. The van der Waals surface area contributed by atoms with Crippen LogP contribution in [0.25, 0.3) is 22.3 Å². The molecule has 0 heterocycles. The van der Waals surface area contributed by atoms with E-state index in [0.29, 0.717) is 0 Å². The highest BCUT2D eigenvalue weighted by Crippen LogP contribution is 2.36. The highest BCUT2D eigenvalue weighted by molar-refractivity contribution is 9.10. The maximum absolute atomic E-state index is 5.32. The molecule has 3 heteroatoms. The lowest BCUT2D eigenvalue weighted by Gasteiger charge is -2.15. The van der Waals surface area contributed by atoms with Crippen LogP contribution < -0.4 is 10.1 Å². The fraction of sp³-hybridized carbons (Fsp3) is 0.0400. The van der Waals surface area contributed by atoms with Crippen LogP contribution in [0.3, 0.4) is 0 Å². The van der Waals surface area contributed by atoms with Crippen molar-refractivity contribution in [2.24, 2.45) is 0 Å². The zero-order chi connectivity index (χ0) is 19.3. The number of methoxy groups -OCH3 is 1. The topological polar surface area (TPSA) is 21.3 Å². The van der Waals surface area contributed by atoms with Crippen molar-refractivity contribution < 1.29 is 4.74 Å². The minimum Gasteiger partial charge on any atom is -0.497 e. The molecule has 0 aliphatic heterocycles. The molecule has 0 amide bonds. The number of para-hydroxylation sites is 1. The van der Waals surface area contributed by atoms with E-state index in [4.69, 9.17) is 4.74 Å². The van der Waals surface area contributed by atoms with Crippen molar-refractivity contribution in [3.8, 4) is 28.0 Å². The lowest BCUT2D eigenvalue weighted by Crippen LogP contribution is -1.93. The summed E-state index contributed by atoms with van der Waals surface area (Å²) in [5.41, 5.74) is 6.79. The van der Waals surface area contributed by atoms with Gasteiger partial charge in [-0.15, -0.1) is 0 Å². The molecular weight excluding hydrogens is 410 g/mol. The van der Waals surface area contributed by atoms with Gasteiger partial charge in [0.15, 0.2) is 0 Å². The van der Waals surface area contributed by atoms with Crippen molar-refractivity contribution in [1.29, 1.82) is 0 Å². The molecule has 4 rings (SSSR count). The first-order valence-electron chi connectivity index (χ1n) is 9.10. The van der Waals surface area contributed by atoms with Crippen LogP contribution in [0.2, 0.25) is 0 Å². The standard InChI is InChI=1S/C25H20BrNO/c1-28-21-14-11-19(12-15-21)23-17-20(27-25-10-6-5-9-24(25)26)13-16-22(23)18-7-3-2-4-8-18/h2-17,27H,1H3. The molecule has 4 aromatic rings. The van der Waals surface area contributed by atoms with E-state index in [9.17, 15) is 0 Å². The van der Waals surface area contributed by atoms with E-state index in [0.717, 1.165) is 27.2 Å². The lowest BCUT2D eigenvalue weighted by molar-refractivity contribution is 0.415. The van der Waals surface area contributed by atoms with Gasteiger partial charge in [-0.3, -0.25) is 0 Å². The molecule has 28 heavy (non-hydrogen) atoms. The average Bonchev–Trinajstić information content (AvgIpc) is 2.76. The first-order valence-corrected chi connectivity index (χ1v) is 9.89. The third-order valence-electron chi connectivity index (χ3n) is 4.66. The molecule has 1 N–H and O–H groups in total. The van der Waals surface area contributed by atoms with Gasteiger partial charge in [0.2, 0.25) is 0 Å². The number of ether oxygens (including phenoxy) is 1. The molecule has 0 unspecified atom stereocenters. The summed E-state index contributed by atoms with van der Waals surface area (Å²) in [4.78, 5) is 0. The molecule has 2 nitrogen and oxygen atoms in total. The second-order valence-electron chi connectivity index (χ2n) is 6.46. The molecule has 0 fully saturated rings. The first kappa shape index (κ1) is 18.3. The number of hydrogen-bond acceptors (Lipinski definition) is 2. The number of halogens is 1. The molecule has 138 valence electrons. The zero-order valence-corrected chi connectivity index (χ0v) is 17.1. The van der Waals surface area contributed by atoms with Crippen LogP contribution >= 0.6 is 15.9 Å². The molecule has 0 bridgehead atoms. The molecule has 0 saturated carbocycles. The number of rotatable bonds is 5. The molecule has 0 aliphatic rings. The van der Waals surface area contributed by atoms with Crippen LogP contribution in [0, 0.1) is 0 Å². The van der Waals surface area contributed by atoms with Crippen molar-refractivity contribution in [3.05, 3.63) is 102 Å². The van der Waals surface area contributed by atoms with Crippen LogP contribution in [-0.4, -0.2) is 7.11 Å². The van der Waals surface area contributed by atoms with E-state index < -0.39 is 0 Å². The number of anilines is 2. The van der Waals surface area contributed by atoms with Gasteiger partial charge >= 0.3 is 0 Å². The highest BCUT2D eigenvalue weighted by Gasteiger charge is 2.10. The van der Waals surface area contributed by atoms with Crippen molar-refractivity contribution in [2.45, 2.75) is 0 Å². The molecule has 4 aromatic carbocycles. The Morgan fingerprint density at radius 2 is 1.36 bits per heavy atom. The van der Waals surface area contributed by atoms with E-state index >= 15 is 0 Å².